The van der Waals surface area contributed by atoms with Gasteiger partial charge in [-0.1, -0.05) is 6.07 Å². The van der Waals surface area contributed by atoms with Crippen LogP contribution in [0.1, 0.15) is 54.8 Å². The van der Waals surface area contributed by atoms with E-state index in [-0.39, 0.29) is 0 Å². The number of aryl methyl sites for hydroxylation is 2. The molecule has 1 unspecified atom stereocenters. The zero-order valence-electron chi connectivity index (χ0n) is 10.9. The molecule has 0 aromatic heterocycles. The number of benzene rings is 1. The molecule has 96 valence electrons. The Kier molecular flexibility index (Phi) is 2.58. The van der Waals surface area contributed by atoms with Crippen LogP contribution in [0.5, 0.6) is 5.75 Å². The lowest BCUT2D eigenvalue weighted by molar-refractivity contribution is 0.251. The van der Waals surface area contributed by atoms with E-state index in [1.807, 2.05) is 0 Å². The second-order valence-electron chi connectivity index (χ2n) is 6.00. The molecule has 3 aliphatic rings. The van der Waals surface area contributed by atoms with Crippen LogP contribution in [0, 0.1) is 0 Å². The van der Waals surface area contributed by atoms with E-state index in [1.165, 1.54) is 49.7 Å². The number of fused-ring (bicyclic) bond motifs is 2. The Morgan fingerprint density at radius 1 is 1.00 bits per heavy atom. The summed E-state index contributed by atoms with van der Waals surface area (Å²) in [7, 11) is 0. The van der Waals surface area contributed by atoms with E-state index in [0.717, 1.165) is 24.8 Å². The third-order valence-corrected chi connectivity index (χ3v) is 4.53. The van der Waals surface area contributed by atoms with Crippen LogP contribution < -0.4 is 10.1 Å². The van der Waals surface area contributed by atoms with Gasteiger partial charge >= 0.3 is 0 Å². The summed E-state index contributed by atoms with van der Waals surface area (Å²) in [6.07, 6.45) is 9.05. The van der Waals surface area contributed by atoms with Crippen molar-refractivity contribution in [3.8, 4) is 5.75 Å². The summed E-state index contributed by atoms with van der Waals surface area (Å²) in [6, 6.07) is 6.07. The van der Waals surface area contributed by atoms with Crippen molar-refractivity contribution < 1.29 is 4.74 Å². The van der Waals surface area contributed by atoms with E-state index in [9.17, 15) is 0 Å². The fourth-order valence-electron chi connectivity index (χ4n) is 3.33. The smallest absolute Gasteiger partial charge is 0.124 e. The molecule has 0 spiro atoms. The first kappa shape index (κ1) is 10.9. The number of nitrogens with one attached hydrogen (secondary N) is 1. The van der Waals surface area contributed by atoms with Crippen molar-refractivity contribution in [1.82, 2.24) is 5.32 Å². The van der Waals surface area contributed by atoms with Gasteiger partial charge in [-0.05, 0) is 55.7 Å². The quantitative estimate of drug-likeness (QED) is 0.861. The Bertz CT molecular complexity index is 464. The molecule has 1 fully saturated rings. The summed E-state index contributed by atoms with van der Waals surface area (Å²) in [4.78, 5) is 0. The maximum absolute atomic E-state index is 5.88. The van der Waals surface area contributed by atoms with Crippen LogP contribution in [0.2, 0.25) is 0 Å². The van der Waals surface area contributed by atoms with E-state index < -0.39 is 0 Å². The first-order valence-electron chi connectivity index (χ1n) is 7.45. The lowest BCUT2D eigenvalue weighted by Crippen LogP contribution is -2.29. The minimum absolute atomic E-state index is 0.536. The highest BCUT2D eigenvalue weighted by Crippen LogP contribution is 2.38. The SMILES string of the molecule is c1c2c(cc3c1OCCC3NC1CC1)CCCC2. The van der Waals surface area contributed by atoms with Crippen LogP contribution in [0.25, 0.3) is 0 Å². The van der Waals surface area contributed by atoms with Gasteiger partial charge in [-0.2, -0.15) is 0 Å². The molecule has 1 aromatic carbocycles. The van der Waals surface area contributed by atoms with E-state index in [4.69, 9.17) is 4.74 Å². The molecule has 1 atom stereocenters. The fraction of sp³-hybridized carbons (Fsp3) is 0.625. The van der Waals surface area contributed by atoms with Crippen LogP contribution in [-0.2, 0) is 12.8 Å². The molecule has 1 heterocycles. The second-order valence-corrected chi connectivity index (χ2v) is 6.00. The Hall–Kier alpha value is -1.02. The van der Waals surface area contributed by atoms with E-state index >= 15 is 0 Å². The normalized spacial score (nSPS) is 26.1. The molecule has 1 aromatic rings. The van der Waals surface area contributed by atoms with Gasteiger partial charge in [-0.3, -0.25) is 0 Å². The fourth-order valence-corrected chi connectivity index (χ4v) is 3.33. The first-order valence-corrected chi connectivity index (χ1v) is 7.45. The predicted octanol–water partition coefficient (Wildman–Crippen LogP) is 3.14. The van der Waals surface area contributed by atoms with Crippen LogP contribution in [0.3, 0.4) is 0 Å². The van der Waals surface area contributed by atoms with Crippen molar-refractivity contribution in [3.63, 3.8) is 0 Å². The highest BCUT2D eigenvalue weighted by Gasteiger charge is 2.29. The third kappa shape index (κ3) is 1.93. The average Bonchev–Trinajstić information content (AvgIpc) is 3.21. The van der Waals surface area contributed by atoms with Crippen LogP contribution in [0.4, 0.5) is 0 Å². The number of hydrogen-bond acceptors (Lipinski definition) is 2. The second kappa shape index (κ2) is 4.27. The number of rotatable bonds is 2. The van der Waals surface area contributed by atoms with Gasteiger partial charge in [0.2, 0.25) is 0 Å². The Morgan fingerprint density at radius 2 is 1.78 bits per heavy atom. The molecule has 0 amide bonds. The third-order valence-electron chi connectivity index (χ3n) is 4.53. The summed E-state index contributed by atoms with van der Waals surface area (Å²) in [6.45, 7) is 0.871. The lowest BCUT2D eigenvalue weighted by atomic mass is 9.87. The molecule has 1 saturated carbocycles. The molecule has 2 nitrogen and oxygen atoms in total. The number of ether oxygens (including phenoxy) is 1. The van der Waals surface area contributed by atoms with Crippen LogP contribution >= 0.6 is 0 Å². The van der Waals surface area contributed by atoms with Gasteiger partial charge in [0.15, 0.2) is 0 Å². The first-order chi connectivity index (χ1) is 8.90. The van der Waals surface area contributed by atoms with Crippen molar-refractivity contribution in [3.05, 3.63) is 28.8 Å². The molecule has 1 aliphatic heterocycles. The maximum atomic E-state index is 5.88. The predicted molar refractivity (Wildman–Crippen MR) is 72.1 cm³/mol. The highest BCUT2D eigenvalue weighted by atomic mass is 16.5. The molecule has 0 saturated heterocycles. The lowest BCUT2D eigenvalue weighted by Gasteiger charge is -2.29. The Balaban J connectivity index is 1.69. The summed E-state index contributed by atoms with van der Waals surface area (Å²) in [5, 5.41) is 3.78. The molecule has 0 bridgehead atoms. The van der Waals surface area contributed by atoms with Crippen molar-refractivity contribution in [2.24, 2.45) is 0 Å². The van der Waals surface area contributed by atoms with E-state index in [2.05, 4.69) is 17.4 Å². The summed E-state index contributed by atoms with van der Waals surface area (Å²) in [5.74, 6) is 1.15. The molecule has 2 aliphatic carbocycles. The standard InChI is InChI=1S/C16H21NO/c1-2-4-12-10-16-14(9-11(12)3-1)15(7-8-18-16)17-13-5-6-13/h9-10,13,15,17H,1-8H2. The maximum Gasteiger partial charge on any atom is 0.124 e. The van der Waals surface area contributed by atoms with Crippen molar-refractivity contribution >= 4 is 0 Å². The topological polar surface area (TPSA) is 21.3 Å². The molecule has 4 rings (SSSR count). The minimum Gasteiger partial charge on any atom is -0.493 e. The molecule has 0 radical (unpaired) electrons. The van der Waals surface area contributed by atoms with Gasteiger partial charge in [0, 0.05) is 24.1 Å². The van der Waals surface area contributed by atoms with Gasteiger partial charge < -0.3 is 10.1 Å². The summed E-state index contributed by atoms with van der Waals surface area (Å²) >= 11 is 0. The van der Waals surface area contributed by atoms with E-state index in [0.29, 0.717) is 6.04 Å². The van der Waals surface area contributed by atoms with Gasteiger partial charge in [0.25, 0.3) is 0 Å². The molecular weight excluding hydrogens is 222 g/mol. The van der Waals surface area contributed by atoms with Gasteiger partial charge in [-0.15, -0.1) is 0 Å². The summed E-state index contributed by atoms with van der Waals surface area (Å²) in [5.41, 5.74) is 4.54. The average molecular weight is 243 g/mol. The Labute approximate surface area is 109 Å². The molecule has 2 heteroatoms. The zero-order valence-corrected chi connectivity index (χ0v) is 10.9. The number of hydrogen-bond donors (Lipinski definition) is 1. The van der Waals surface area contributed by atoms with Crippen molar-refractivity contribution in [1.29, 1.82) is 0 Å². The van der Waals surface area contributed by atoms with Crippen LogP contribution in [0.15, 0.2) is 12.1 Å². The van der Waals surface area contributed by atoms with Crippen LogP contribution in [-0.4, -0.2) is 12.6 Å². The molecule has 1 N–H and O–H groups in total. The van der Waals surface area contributed by atoms with Gasteiger partial charge in [0.05, 0.1) is 6.61 Å². The molecule has 18 heavy (non-hydrogen) atoms. The monoisotopic (exact) mass is 243 g/mol. The zero-order chi connectivity index (χ0) is 11.9. The summed E-state index contributed by atoms with van der Waals surface area (Å²) < 4.78 is 5.88. The highest BCUT2D eigenvalue weighted by molar-refractivity contribution is 5.46. The van der Waals surface area contributed by atoms with E-state index in [1.54, 1.807) is 5.56 Å². The van der Waals surface area contributed by atoms with Gasteiger partial charge in [-0.25, -0.2) is 0 Å². The largest absolute Gasteiger partial charge is 0.493 e. The van der Waals surface area contributed by atoms with Gasteiger partial charge in [0.1, 0.15) is 5.75 Å². The van der Waals surface area contributed by atoms with Crippen molar-refractivity contribution in [2.75, 3.05) is 6.61 Å². The Morgan fingerprint density at radius 3 is 2.56 bits per heavy atom. The minimum atomic E-state index is 0.536. The van der Waals surface area contributed by atoms with Crippen molar-refractivity contribution in [2.45, 2.75) is 57.0 Å². The molecular formula is C16H21NO.